The molecule has 1 aliphatic heterocycles. The van der Waals surface area contributed by atoms with Gasteiger partial charge in [-0.25, -0.2) is 4.79 Å². The number of fused-ring (bicyclic) bond motifs is 3. The Bertz CT molecular complexity index is 1090. The van der Waals surface area contributed by atoms with Crippen LogP contribution < -0.4 is 4.74 Å². The van der Waals surface area contributed by atoms with Gasteiger partial charge in [-0.05, 0) is 67.3 Å². The fraction of sp³-hybridized carbons (Fsp3) is 0.292. The minimum atomic E-state index is -0.313. The third kappa shape index (κ3) is 3.90. The first-order chi connectivity index (χ1) is 14.5. The first-order valence-electron chi connectivity index (χ1n) is 10.1. The smallest absolute Gasteiger partial charge is 0.410 e. The van der Waals surface area contributed by atoms with Crippen molar-refractivity contribution in [3.8, 4) is 5.75 Å². The number of carbonyl (C=O) groups is 1. The van der Waals surface area contributed by atoms with E-state index in [1.165, 1.54) is 5.56 Å². The largest absolute Gasteiger partial charge is 0.489 e. The monoisotopic (exact) mass is 424 g/mol. The fourth-order valence-corrected chi connectivity index (χ4v) is 4.14. The summed E-state index contributed by atoms with van der Waals surface area (Å²) in [6.07, 6.45) is 0.428. The number of hydrogen-bond donors (Lipinski definition) is 1. The summed E-state index contributed by atoms with van der Waals surface area (Å²) in [6, 6.07) is 13.4. The molecule has 2 aromatic carbocycles. The van der Waals surface area contributed by atoms with E-state index in [9.17, 15) is 4.79 Å². The Morgan fingerprint density at radius 1 is 1.27 bits per heavy atom. The summed E-state index contributed by atoms with van der Waals surface area (Å²) >= 11 is 6.24. The summed E-state index contributed by atoms with van der Waals surface area (Å²) in [5.74, 6) is 0.767. The molecular formula is C24H25ClN2O3. The molecular weight excluding hydrogens is 400 g/mol. The van der Waals surface area contributed by atoms with Crippen LogP contribution in [0.1, 0.15) is 36.7 Å². The van der Waals surface area contributed by atoms with Gasteiger partial charge in [-0.15, -0.1) is 0 Å². The molecule has 6 heteroatoms. The maximum absolute atomic E-state index is 12.7. The lowest BCUT2D eigenvalue weighted by atomic mass is 9.92. The van der Waals surface area contributed by atoms with Crippen molar-refractivity contribution in [2.24, 2.45) is 0 Å². The van der Waals surface area contributed by atoms with Crippen molar-refractivity contribution in [3.05, 3.63) is 76.5 Å². The molecule has 0 spiro atoms. The molecule has 3 aromatic rings. The second-order valence-corrected chi connectivity index (χ2v) is 8.00. The standard InChI is InChI=1S/C24H25ClN2O3/c1-4-29-24(28)27-12-11-19-20-13-17(25)7-10-21(20)26-22(19)23(27)16-5-8-18(9-6-16)30-14-15(2)3/h5-10,13,23,26H,2,4,11-12,14H2,1,3H3. The van der Waals surface area contributed by atoms with Gasteiger partial charge in [0.25, 0.3) is 0 Å². The molecule has 2 heterocycles. The van der Waals surface area contributed by atoms with Crippen LogP contribution in [0.4, 0.5) is 4.79 Å². The Balaban J connectivity index is 1.76. The fourth-order valence-electron chi connectivity index (χ4n) is 3.96. The van der Waals surface area contributed by atoms with Crippen LogP contribution >= 0.6 is 11.6 Å². The Morgan fingerprint density at radius 3 is 2.73 bits per heavy atom. The minimum Gasteiger partial charge on any atom is -0.489 e. The van der Waals surface area contributed by atoms with Crippen LogP contribution in [0.3, 0.4) is 0 Å². The first kappa shape index (κ1) is 20.4. The molecule has 0 saturated heterocycles. The summed E-state index contributed by atoms with van der Waals surface area (Å²) in [5.41, 5.74) is 5.16. The van der Waals surface area contributed by atoms with Crippen LogP contribution in [0.2, 0.25) is 5.02 Å². The molecule has 0 saturated carbocycles. The Kier molecular flexibility index (Phi) is 5.73. The molecule has 30 heavy (non-hydrogen) atoms. The molecule has 1 aromatic heterocycles. The van der Waals surface area contributed by atoms with Gasteiger partial charge in [0.2, 0.25) is 0 Å². The van der Waals surface area contributed by atoms with Gasteiger partial charge in [0.15, 0.2) is 0 Å². The average Bonchev–Trinajstić information content (AvgIpc) is 3.10. The molecule has 0 fully saturated rings. The average molecular weight is 425 g/mol. The summed E-state index contributed by atoms with van der Waals surface area (Å²) < 4.78 is 11.1. The predicted molar refractivity (Wildman–Crippen MR) is 119 cm³/mol. The normalized spacial score (nSPS) is 15.7. The van der Waals surface area contributed by atoms with E-state index in [0.29, 0.717) is 24.8 Å². The van der Waals surface area contributed by atoms with Crippen molar-refractivity contribution in [2.45, 2.75) is 26.3 Å². The highest BCUT2D eigenvalue weighted by Crippen LogP contribution is 2.39. The van der Waals surface area contributed by atoms with Crippen LogP contribution in [0, 0.1) is 0 Å². The molecule has 0 bridgehead atoms. The van der Waals surface area contributed by atoms with E-state index in [1.807, 2.05) is 56.3 Å². The molecule has 0 aliphatic carbocycles. The number of amides is 1. The quantitative estimate of drug-likeness (QED) is 0.520. The molecule has 1 amide bonds. The maximum atomic E-state index is 12.7. The SMILES string of the molecule is C=C(C)COc1ccc(C2c3[nH]c4ccc(Cl)cc4c3CCN2C(=O)OCC)cc1. The van der Waals surface area contributed by atoms with Gasteiger partial charge in [0.1, 0.15) is 18.4 Å². The highest BCUT2D eigenvalue weighted by molar-refractivity contribution is 6.31. The number of hydrogen-bond acceptors (Lipinski definition) is 3. The van der Waals surface area contributed by atoms with Gasteiger partial charge < -0.3 is 14.5 Å². The Hall–Kier alpha value is -2.92. The molecule has 1 N–H and O–H groups in total. The van der Waals surface area contributed by atoms with Gasteiger partial charge in [-0.1, -0.05) is 30.3 Å². The summed E-state index contributed by atoms with van der Waals surface area (Å²) in [7, 11) is 0. The minimum absolute atomic E-state index is 0.269. The second-order valence-electron chi connectivity index (χ2n) is 7.57. The zero-order valence-electron chi connectivity index (χ0n) is 17.2. The number of aromatic nitrogens is 1. The summed E-state index contributed by atoms with van der Waals surface area (Å²) in [4.78, 5) is 18.0. The summed E-state index contributed by atoms with van der Waals surface area (Å²) in [5, 5.41) is 1.81. The number of rotatable bonds is 5. The van der Waals surface area contributed by atoms with Crippen molar-refractivity contribution in [3.63, 3.8) is 0 Å². The van der Waals surface area contributed by atoms with Crippen LogP contribution in [-0.4, -0.2) is 35.7 Å². The molecule has 1 aliphatic rings. The van der Waals surface area contributed by atoms with E-state index in [4.69, 9.17) is 21.1 Å². The van der Waals surface area contributed by atoms with Crippen molar-refractivity contribution >= 4 is 28.6 Å². The number of ether oxygens (including phenoxy) is 2. The van der Waals surface area contributed by atoms with Crippen LogP contribution in [-0.2, 0) is 11.2 Å². The number of aromatic amines is 1. The van der Waals surface area contributed by atoms with Crippen molar-refractivity contribution in [2.75, 3.05) is 19.8 Å². The number of carbonyl (C=O) groups excluding carboxylic acids is 1. The van der Waals surface area contributed by atoms with Gasteiger partial charge in [-0.2, -0.15) is 0 Å². The number of H-pyrrole nitrogens is 1. The van der Waals surface area contributed by atoms with Gasteiger partial charge >= 0.3 is 6.09 Å². The van der Waals surface area contributed by atoms with E-state index >= 15 is 0 Å². The molecule has 5 nitrogen and oxygen atoms in total. The van der Waals surface area contributed by atoms with E-state index in [2.05, 4.69) is 11.6 Å². The highest BCUT2D eigenvalue weighted by Gasteiger charge is 2.35. The van der Waals surface area contributed by atoms with Crippen molar-refractivity contribution < 1.29 is 14.3 Å². The van der Waals surface area contributed by atoms with Crippen molar-refractivity contribution in [1.82, 2.24) is 9.88 Å². The van der Waals surface area contributed by atoms with Crippen LogP contribution in [0.5, 0.6) is 5.75 Å². The third-order valence-corrected chi connectivity index (χ3v) is 5.51. The Morgan fingerprint density at radius 2 is 2.03 bits per heavy atom. The highest BCUT2D eigenvalue weighted by atomic mass is 35.5. The van der Waals surface area contributed by atoms with E-state index in [1.54, 1.807) is 4.90 Å². The number of benzene rings is 2. The number of nitrogens with one attached hydrogen (secondary N) is 1. The Labute approximate surface area is 181 Å². The lowest BCUT2D eigenvalue weighted by molar-refractivity contribution is 0.0932. The maximum Gasteiger partial charge on any atom is 0.410 e. The molecule has 1 unspecified atom stereocenters. The van der Waals surface area contributed by atoms with Gasteiger partial charge in [0.05, 0.1) is 6.61 Å². The van der Waals surface area contributed by atoms with Crippen LogP contribution in [0.25, 0.3) is 10.9 Å². The lowest BCUT2D eigenvalue weighted by Crippen LogP contribution is -2.40. The van der Waals surface area contributed by atoms with E-state index in [0.717, 1.165) is 39.9 Å². The lowest BCUT2D eigenvalue weighted by Gasteiger charge is -2.35. The number of halogens is 1. The van der Waals surface area contributed by atoms with Gasteiger partial charge in [0, 0.05) is 28.2 Å². The number of nitrogens with zero attached hydrogens (tertiary/aromatic N) is 1. The van der Waals surface area contributed by atoms with Gasteiger partial charge in [-0.3, -0.25) is 4.90 Å². The first-order valence-corrected chi connectivity index (χ1v) is 10.5. The van der Waals surface area contributed by atoms with Crippen molar-refractivity contribution in [1.29, 1.82) is 0 Å². The van der Waals surface area contributed by atoms with E-state index < -0.39 is 0 Å². The zero-order valence-corrected chi connectivity index (χ0v) is 18.0. The molecule has 156 valence electrons. The second kappa shape index (κ2) is 8.44. The summed E-state index contributed by atoms with van der Waals surface area (Å²) in [6.45, 7) is 9.00. The molecule has 4 rings (SSSR count). The third-order valence-electron chi connectivity index (χ3n) is 5.27. The predicted octanol–water partition coefficient (Wildman–Crippen LogP) is 5.88. The molecule has 0 radical (unpaired) electrons. The van der Waals surface area contributed by atoms with Crippen LogP contribution in [0.15, 0.2) is 54.6 Å². The van der Waals surface area contributed by atoms with E-state index in [-0.39, 0.29) is 12.1 Å². The molecule has 1 atom stereocenters. The topological polar surface area (TPSA) is 54.6 Å². The zero-order chi connectivity index (χ0) is 21.3.